The van der Waals surface area contributed by atoms with Crippen molar-refractivity contribution >= 4 is 22.4 Å². The van der Waals surface area contributed by atoms with E-state index >= 15 is 0 Å². The molecule has 0 amide bonds. The van der Waals surface area contributed by atoms with Crippen molar-refractivity contribution < 1.29 is 9.47 Å². The van der Waals surface area contributed by atoms with Crippen molar-refractivity contribution in [2.24, 2.45) is 5.41 Å². The van der Waals surface area contributed by atoms with Gasteiger partial charge < -0.3 is 19.3 Å². The maximum absolute atomic E-state index is 5.93. The Morgan fingerprint density at radius 2 is 1.86 bits per heavy atom. The molecule has 2 fully saturated rings. The highest BCUT2D eigenvalue weighted by Gasteiger charge is 2.39. The van der Waals surface area contributed by atoms with Crippen LogP contribution in [0.15, 0.2) is 36.5 Å². The van der Waals surface area contributed by atoms with Gasteiger partial charge >= 0.3 is 0 Å². The standard InChI is InChI=1S/C36H46N6O2/c1-22(2)25-10-11-29-26(17-37-40-29)32(25)33-38-28-12-14-41(30-16-24(9-8-23(30)3)36(6)20-44-21-36)18-27(28)34(39-33)42-15-13-31(43-7)35(4,5)19-42/h8-11,16-17,22,31H,12-15,18-21H2,1-7H3,(H,37,40)/t31-/m0/s1. The zero-order chi connectivity index (χ0) is 30.8. The van der Waals surface area contributed by atoms with E-state index in [2.05, 4.69) is 91.9 Å². The number of fused-ring (bicyclic) bond motifs is 2. The van der Waals surface area contributed by atoms with Crippen LogP contribution in [0.1, 0.15) is 74.9 Å². The molecule has 5 heterocycles. The van der Waals surface area contributed by atoms with E-state index in [0.717, 1.165) is 86.0 Å². The number of nitrogens with one attached hydrogen (secondary N) is 1. The first-order valence-corrected chi connectivity index (χ1v) is 16.2. The highest BCUT2D eigenvalue weighted by atomic mass is 16.5. The molecule has 3 aliphatic heterocycles. The minimum atomic E-state index is -0.00176. The van der Waals surface area contributed by atoms with Crippen LogP contribution in [0.4, 0.5) is 11.5 Å². The Morgan fingerprint density at radius 3 is 2.57 bits per heavy atom. The number of aromatic nitrogens is 4. The monoisotopic (exact) mass is 594 g/mol. The summed E-state index contributed by atoms with van der Waals surface area (Å²) in [4.78, 5) is 15.9. The smallest absolute Gasteiger partial charge is 0.162 e. The Morgan fingerprint density at radius 1 is 1.05 bits per heavy atom. The lowest BCUT2D eigenvalue weighted by atomic mass is 9.80. The van der Waals surface area contributed by atoms with Gasteiger partial charge in [0.1, 0.15) is 5.82 Å². The normalized spacial score (nSPS) is 21.0. The van der Waals surface area contributed by atoms with Gasteiger partial charge in [-0.15, -0.1) is 0 Å². The summed E-state index contributed by atoms with van der Waals surface area (Å²) < 4.78 is 11.5. The van der Waals surface area contributed by atoms with Crippen molar-refractivity contribution in [1.29, 1.82) is 0 Å². The second-order valence-electron chi connectivity index (χ2n) is 14.5. The fraction of sp³-hybridized carbons (Fsp3) is 0.528. The van der Waals surface area contributed by atoms with Gasteiger partial charge in [0, 0.05) is 72.7 Å². The number of ether oxygens (including phenoxy) is 2. The van der Waals surface area contributed by atoms with Gasteiger partial charge in [0.15, 0.2) is 5.82 Å². The minimum Gasteiger partial charge on any atom is -0.381 e. The molecule has 232 valence electrons. The largest absolute Gasteiger partial charge is 0.381 e. The lowest BCUT2D eigenvalue weighted by Crippen LogP contribution is -2.50. The summed E-state index contributed by atoms with van der Waals surface area (Å²) >= 11 is 0. The molecule has 0 radical (unpaired) electrons. The van der Waals surface area contributed by atoms with E-state index in [1.54, 1.807) is 0 Å². The summed E-state index contributed by atoms with van der Waals surface area (Å²) in [6.45, 7) is 18.7. The van der Waals surface area contributed by atoms with Gasteiger partial charge in [-0.25, -0.2) is 9.97 Å². The molecule has 0 saturated carbocycles. The average molecular weight is 595 g/mol. The van der Waals surface area contributed by atoms with E-state index in [1.165, 1.54) is 27.9 Å². The number of anilines is 2. The number of aromatic amines is 1. The van der Waals surface area contributed by atoms with Crippen molar-refractivity contribution in [3.63, 3.8) is 0 Å². The van der Waals surface area contributed by atoms with Gasteiger partial charge in [-0.2, -0.15) is 5.10 Å². The SMILES string of the molecule is CO[C@H]1CCN(c2nc(-c3c(C(C)C)ccc4[nH]ncc34)nc3c2CN(c2cc(C4(C)COC4)ccc2C)CC3)CC1(C)C. The molecule has 0 bridgehead atoms. The number of nitrogens with zero attached hydrogens (tertiary/aromatic N) is 5. The molecule has 1 N–H and O–H groups in total. The van der Waals surface area contributed by atoms with Crippen LogP contribution in [0.2, 0.25) is 0 Å². The predicted molar refractivity (Wildman–Crippen MR) is 177 cm³/mol. The third-order valence-corrected chi connectivity index (χ3v) is 10.3. The fourth-order valence-corrected chi connectivity index (χ4v) is 7.60. The summed E-state index contributed by atoms with van der Waals surface area (Å²) in [5.41, 5.74) is 9.84. The second-order valence-corrected chi connectivity index (χ2v) is 14.5. The summed E-state index contributed by atoms with van der Waals surface area (Å²) in [6.07, 6.45) is 4.00. The number of hydrogen-bond acceptors (Lipinski definition) is 7. The summed E-state index contributed by atoms with van der Waals surface area (Å²) in [7, 11) is 1.84. The van der Waals surface area contributed by atoms with Gasteiger partial charge in [-0.1, -0.05) is 52.8 Å². The molecule has 2 aromatic heterocycles. The van der Waals surface area contributed by atoms with Crippen LogP contribution in [0.5, 0.6) is 0 Å². The van der Waals surface area contributed by atoms with Crippen LogP contribution in [0.3, 0.4) is 0 Å². The molecule has 44 heavy (non-hydrogen) atoms. The van der Waals surface area contributed by atoms with Crippen molar-refractivity contribution in [2.75, 3.05) is 49.8 Å². The Kier molecular flexibility index (Phi) is 7.20. The Hall–Kier alpha value is -3.49. The average Bonchev–Trinajstić information content (AvgIpc) is 3.47. The quantitative estimate of drug-likeness (QED) is 0.271. The van der Waals surface area contributed by atoms with Crippen LogP contribution in [0.25, 0.3) is 22.3 Å². The molecule has 1 atom stereocenters. The predicted octanol–water partition coefficient (Wildman–Crippen LogP) is 6.55. The molecule has 7 rings (SSSR count). The zero-order valence-corrected chi connectivity index (χ0v) is 27.3. The van der Waals surface area contributed by atoms with Gasteiger partial charge in [0.2, 0.25) is 0 Å². The number of benzene rings is 2. The van der Waals surface area contributed by atoms with E-state index in [9.17, 15) is 0 Å². The zero-order valence-electron chi connectivity index (χ0n) is 27.3. The minimum absolute atomic E-state index is 0.00176. The van der Waals surface area contributed by atoms with Crippen LogP contribution in [-0.4, -0.2) is 66.2 Å². The van der Waals surface area contributed by atoms with Crippen LogP contribution >= 0.6 is 0 Å². The lowest BCUT2D eigenvalue weighted by Gasteiger charge is -2.45. The summed E-state index contributed by atoms with van der Waals surface area (Å²) in [5.74, 6) is 2.21. The molecule has 0 unspecified atom stereocenters. The van der Waals surface area contributed by atoms with Crippen LogP contribution < -0.4 is 9.80 Å². The molecule has 2 saturated heterocycles. The van der Waals surface area contributed by atoms with Gasteiger partial charge in [0.25, 0.3) is 0 Å². The summed E-state index contributed by atoms with van der Waals surface area (Å²) in [5, 5.41) is 8.64. The number of rotatable bonds is 6. The van der Waals surface area contributed by atoms with Crippen molar-refractivity contribution in [2.45, 2.75) is 78.4 Å². The molecule has 0 aliphatic carbocycles. The third kappa shape index (κ3) is 4.87. The first-order valence-electron chi connectivity index (χ1n) is 16.2. The number of H-pyrrole nitrogens is 1. The van der Waals surface area contributed by atoms with Crippen molar-refractivity contribution in [3.05, 3.63) is 64.5 Å². The first-order chi connectivity index (χ1) is 21.1. The Bertz CT molecular complexity index is 1700. The van der Waals surface area contributed by atoms with E-state index in [0.29, 0.717) is 5.92 Å². The van der Waals surface area contributed by atoms with Crippen molar-refractivity contribution in [1.82, 2.24) is 20.2 Å². The second kappa shape index (κ2) is 10.8. The number of aryl methyl sites for hydroxylation is 1. The highest BCUT2D eigenvalue weighted by Crippen LogP contribution is 2.41. The molecule has 8 nitrogen and oxygen atoms in total. The van der Waals surface area contributed by atoms with Crippen molar-refractivity contribution in [3.8, 4) is 11.4 Å². The fourth-order valence-electron chi connectivity index (χ4n) is 7.60. The Labute approximate surface area is 261 Å². The molecule has 8 heteroatoms. The molecule has 3 aliphatic rings. The topological polar surface area (TPSA) is 79.4 Å². The van der Waals surface area contributed by atoms with E-state index < -0.39 is 0 Å². The number of methoxy groups -OCH3 is 1. The molecule has 4 aromatic rings. The van der Waals surface area contributed by atoms with E-state index in [4.69, 9.17) is 19.4 Å². The number of piperidine rings is 1. The van der Waals surface area contributed by atoms with Gasteiger partial charge in [0.05, 0.1) is 36.7 Å². The first kappa shape index (κ1) is 29.2. The number of hydrogen-bond donors (Lipinski definition) is 1. The maximum atomic E-state index is 5.93. The van der Waals surface area contributed by atoms with E-state index in [-0.39, 0.29) is 16.9 Å². The summed E-state index contributed by atoms with van der Waals surface area (Å²) in [6, 6.07) is 11.3. The molecular weight excluding hydrogens is 548 g/mol. The van der Waals surface area contributed by atoms with Crippen LogP contribution in [-0.2, 0) is 27.9 Å². The Balaban J connectivity index is 1.35. The van der Waals surface area contributed by atoms with E-state index in [1.807, 2.05) is 13.3 Å². The van der Waals surface area contributed by atoms with Gasteiger partial charge in [-0.05, 0) is 48.1 Å². The lowest BCUT2D eigenvalue weighted by molar-refractivity contribution is -0.0499. The molecule has 2 aromatic carbocycles. The highest BCUT2D eigenvalue weighted by molar-refractivity contribution is 5.95. The maximum Gasteiger partial charge on any atom is 0.162 e. The molecule has 0 spiro atoms. The molecular formula is C36H46N6O2. The van der Waals surface area contributed by atoms with Crippen LogP contribution in [0, 0.1) is 12.3 Å². The van der Waals surface area contributed by atoms with Gasteiger partial charge in [-0.3, -0.25) is 5.10 Å². The third-order valence-electron chi connectivity index (χ3n) is 10.3.